The van der Waals surface area contributed by atoms with Gasteiger partial charge in [-0.25, -0.2) is 4.79 Å². The summed E-state index contributed by atoms with van der Waals surface area (Å²) in [7, 11) is 1.47. The van der Waals surface area contributed by atoms with Gasteiger partial charge in [-0.1, -0.05) is 11.6 Å². The zero-order valence-corrected chi connectivity index (χ0v) is 15.1. The minimum atomic E-state index is -2.96. The summed E-state index contributed by atoms with van der Waals surface area (Å²) in [5.74, 6) is -0.992. The average Bonchev–Trinajstić information content (AvgIpc) is 2.61. The first-order chi connectivity index (χ1) is 12.8. The summed E-state index contributed by atoms with van der Waals surface area (Å²) in [5.41, 5.74) is 0.492. The number of hydrogen-bond acceptors (Lipinski definition) is 5. The van der Waals surface area contributed by atoms with E-state index >= 15 is 0 Å². The van der Waals surface area contributed by atoms with Crippen molar-refractivity contribution < 1.29 is 32.6 Å². The number of carbonyl (C=O) groups is 2. The number of carbonyl (C=O) groups excluding carboxylic acids is 2. The van der Waals surface area contributed by atoms with Crippen molar-refractivity contribution >= 4 is 29.2 Å². The molecule has 0 heterocycles. The highest BCUT2D eigenvalue weighted by molar-refractivity contribution is 6.32. The van der Waals surface area contributed by atoms with E-state index in [2.05, 4.69) is 10.1 Å². The SMILES string of the molecule is COc1ccc(NC(=O)[C@H](C)OC(=O)c2ccc(OC(F)F)cc2)cc1Cl. The number of esters is 1. The minimum Gasteiger partial charge on any atom is -0.495 e. The van der Waals surface area contributed by atoms with Gasteiger partial charge in [-0.2, -0.15) is 8.78 Å². The van der Waals surface area contributed by atoms with Gasteiger partial charge in [-0.3, -0.25) is 4.79 Å². The van der Waals surface area contributed by atoms with Crippen LogP contribution in [0.2, 0.25) is 5.02 Å². The molecule has 0 spiro atoms. The van der Waals surface area contributed by atoms with Crippen molar-refractivity contribution in [3.05, 3.63) is 53.1 Å². The third kappa shape index (κ3) is 5.82. The summed E-state index contributed by atoms with van der Waals surface area (Å²) < 4.78 is 38.5. The zero-order valence-electron chi connectivity index (χ0n) is 14.4. The topological polar surface area (TPSA) is 73.9 Å². The summed E-state index contributed by atoms with van der Waals surface area (Å²) in [6.45, 7) is -1.56. The van der Waals surface area contributed by atoms with Crippen LogP contribution in [-0.4, -0.2) is 31.7 Å². The number of nitrogens with one attached hydrogen (secondary N) is 1. The molecule has 0 aromatic heterocycles. The molecule has 0 bridgehead atoms. The van der Waals surface area contributed by atoms with Gasteiger partial charge in [0.15, 0.2) is 6.10 Å². The molecule has 6 nitrogen and oxygen atoms in total. The first-order valence-corrected chi connectivity index (χ1v) is 8.08. The van der Waals surface area contributed by atoms with E-state index in [0.29, 0.717) is 16.5 Å². The van der Waals surface area contributed by atoms with Crippen LogP contribution < -0.4 is 14.8 Å². The fourth-order valence-corrected chi connectivity index (χ4v) is 2.30. The maximum Gasteiger partial charge on any atom is 0.387 e. The number of halogens is 3. The summed E-state index contributed by atoms with van der Waals surface area (Å²) in [6, 6.07) is 9.58. The zero-order chi connectivity index (χ0) is 20.0. The number of anilines is 1. The molecule has 2 aromatic rings. The standard InChI is InChI=1S/C18H16ClF2NO5/c1-10(16(23)22-12-5-8-15(25-2)14(19)9-12)26-17(24)11-3-6-13(7-4-11)27-18(20)21/h3-10,18H,1-2H3,(H,22,23)/t10-/m0/s1. The molecule has 1 N–H and O–H groups in total. The monoisotopic (exact) mass is 399 g/mol. The molecular weight excluding hydrogens is 384 g/mol. The van der Waals surface area contributed by atoms with Crippen LogP contribution in [0.25, 0.3) is 0 Å². The number of alkyl halides is 2. The van der Waals surface area contributed by atoms with E-state index in [1.165, 1.54) is 44.4 Å². The Morgan fingerprint density at radius 1 is 1.11 bits per heavy atom. The van der Waals surface area contributed by atoms with Gasteiger partial charge < -0.3 is 19.5 Å². The highest BCUT2D eigenvalue weighted by atomic mass is 35.5. The van der Waals surface area contributed by atoms with E-state index in [1.807, 2.05) is 0 Å². The Hall–Kier alpha value is -2.87. The Kier molecular flexibility index (Phi) is 6.95. The van der Waals surface area contributed by atoms with Crippen LogP contribution in [0.5, 0.6) is 11.5 Å². The van der Waals surface area contributed by atoms with E-state index in [1.54, 1.807) is 12.1 Å². The van der Waals surface area contributed by atoms with Crippen LogP contribution in [0.4, 0.5) is 14.5 Å². The predicted octanol–water partition coefficient (Wildman–Crippen LogP) is 4.13. The van der Waals surface area contributed by atoms with Crippen LogP contribution in [-0.2, 0) is 9.53 Å². The van der Waals surface area contributed by atoms with Crippen LogP contribution in [0, 0.1) is 0 Å². The molecule has 144 valence electrons. The van der Waals surface area contributed by atoms with E-state index in [4.69, 9.17) is 21.1 Å². The summed E-state index contributed by atoms with van der Waals surface area (Å²) >= 11 is 5.98. The predicted molar refractivity (Wildman–Crippen MR) is 94.6 cm³/mol. The average molecular weight is 400 g/mol. The molecule has 0 fully saturated rings. The number of hydrogen-bond donors (Lipinski definition) is 1. The molecule has 0 saturated carbocycles. The van der Waals surface area contributed by atoms with Crippen molar-refractivity contribution in [2.45, 2.75) is 19.6 Å². The smallest absolute Gasteiger partial charge is 0.387 e. The highest BCUT2D eigenvalue weighted by Gasteiger charge is 2.19. The molecule has 0 radical (unpaired) electrons. The molecule has 0 aliphatic heterocycles. The molecule has 9 heteroatoms. The van der Waals surface area contributed by atoms with E-state index < -0.39 is 24.6 Å². The molecule has 27 heavy (non-hydrogen) atoms. The number of benzene rings is 2. The van der Waals surface area contributed by atoms with E-state index in [-0.39, 0.29) is 11.3 Å². The van der Waals surface area contributed by atoms with Crippen LogP contribution in [0.15, 0.2) is 42.5 Å². The Labute approximate surface area is 159 Å². The maximum absolute atomic E-state index is 12.2. The molecule has 1 amide bonds. The number of ether oxygens (including phenoxy) is 3. The van der Waals surface area contributed by atoms with Gasteiger partial charge in [0.25, 0.3) is 5.91 Å². The third-order valence-electron chi connectivity index (χ3n) is 3.39. The summed E-state index contributed by atoms with van der Waals surface area (Å²) in [5, 5.41) is 2.87. The molecule has 2 rings (SSSR count). The van der Waals surface area contributed by atoms with Crippen molar-refractivity contribution in [3.8, 4) is 11.5 Å². The fourth-order valence-electron chi connectivity index (χ4n) is 2.04. The van der Waals surface area contributed by atoms with E-state index in [9.17, 15) is 18.4 Å². The number of amides is 1. The maximum atomic E-state index is 12.2. The van der Waals surface area contributed by atoms with Gasteiger partial charge in [0.05, 0.1) is 17.7 Å². The van der Waals surface area contributed by atoms with Gasteiger partial charge >= 0.3 is 12.6 Å². The van der Waals surface area contributed by atoms with E-state index in [0.717, 1.165) is 0 Å². The Bertz CT molecular complexity index is 814. The van der Waals surface area contributed by atoms with Crippen molar-refractivity contribution in [1.29, 1.82) is 0 Å². The fraction of sp³-hybridized carbons (Fsp3) is 0.222. The van der Waals surface area contributed by atoms with Crippen molar-refractivity contribution in [2.24, 2.45) is 0 Å². The van der Waals surface area contributed by atoms with Gasteiger partial charge in [0.2, 0.25) is 0 Å². The van der Waals surface area contributed by atoms with Gasteiger partial charge in [0, 0.05) is 5.69 Å². The van der Waals surface area contributed by atoms with Crippen LogP contribution in [0.1, 0.15) is 17.3 Å². The van der Waals surface area contributed by atoms with Gasteiger partial charge in [-0.15, -0.1) is 0 Å². The van der Waals surface area contributed by atoms with Crippen LogP contribution in [0.3, 0.4) is 0 Å². The Morgan fingerprint density at radius 2 is 1.78 bits per heavy atom. The second-order valence-corrected chi connectivity index (χ2v) is 5.70. The third-order valence-corrected chi connectivity index (χ3v) is 3.68. The second-order valence-electron chi connectivity index (χ2n) is 5.29. The quantitative estimate of drug-likeness (QED) is 0.708. The van der Waals surface area contributed by atoms with Crippen molar-refractivity contribution in [3.63, 3.8) is 0 Å². The molecule has 0 saturated heterocycles. The minimum absolute atomic E-state index is 0.0868. The van der Waals surface area contributed by atoms with Gasteiger partial charge in [0.1, 0.15) is 11.5 Å². The molecule has 0 aliphatic carbocycles. The lowest BCUT2D eigenvalue weighted by atomic mass is 10.2. The molecule has 2 aromatic carbocycles. The molecule has 1 atom stereocenters. The van der Waals surface area contributed by atoms with Crippen molar-refractivity contribution in [2.75, 3.05) is 12.4 Å². The molecular formula is C18H16ClF2NO5. The normalized spacial score (nSPS) is 11.6. The Morgan fingerprint density at radius 3 is 2.33 bits per heavy atom. The molecule has 0 unspecified atom stereocenters. The summed E-state index contributed by atoms with van der Waals surface area (Å²) in [4.78, 5) is 24.2. The van der Waals surface area contributed by atoms with Crippen molar-refractivity contribution in [1.82, 2.24) is 0 Å². The number of rotatable bonds is 7. The lowest BCUT2D eigenvalue weighted by molar-refractivity contribution is -0.123. The van der Waals surface area contributed by atoms with Crippen LogP contribution >= 0.6 is 11.6 Å². The summed E-state index contributed by atoms with van der Waals surface area (Å²) in [6.07, 6.45) is -1.10. The lowest BCUT2D eigenvalue weighted by Crippen LogP contribution is -2.30. The first kappa shape index (κ1) is 20.4. The van der Waals surface area contributed by atoms with Gasteiger partial charge in [-0.05, 0) is 49.4 Å². The first-order valence-electron chi connectivity index (χ1n) is 7.70. The number of methoxy groups -OCH3 is 1. The Balaban J connectivity index is 1.95. The highest BCUT2D eigenvalue weighted by Crippen LogP contribution is 2.27. The lowest BCUT2D eigenvalue weighted by Gasteiger charge is -2.14. The molecule has 0 aliphatic rings. The second kappa shape index (κ2) is 9.18. The largest absolute Gasteiger partial charge is 0.495 e.